The minimum Gasteiger partial charge on any atom is -0.478 e. The average molecular weight is 207 g/mol. The van der Waals surface area contributed by atoms with Crippen molar-refractivity contribution in [1.29, 1.82) is 0 Å². The summed E-state index contributed by atoms with van der Waals surface area (Å²) in [5, 5.41) is 0. The molecule has 0 aliphatic carbocycles. The predicted molar refractivity (Wildman–Crippen MR) is 24.8 cm³/mol. The molecule has 0 aromatic rings. The Bertz CT molecular complexity index is 184. The molecular formula is HAlNaO6SSi+3. The number of hydrogen-bond donors (Lipinski definition) is 1. The molecule has 1 N–H and O–H groups in total. The average Bonchev–Trinajstić information content (AvgIpc) is 1.21. The second-order valence-electron chi connectivity index (χ2n) is 0.761. The van der Waals surface area contributed by atoms with Gasteiger partial charge in [-0.3, -0.25) is 4.55 Å². The maximum Gasteiger partial charge on any atom is 3.00 e. The van der Waals surface area contributed by atoms with Gasteiger partial charge < -0.3 is 13.1 Å². The van der Waals surface area contributed by atoms with E-state index in [-0.39, 0.29) is 46.9 Å². The molecule has 0 saturated heterocycles. The Kier molecular flexibility index (Phi) is 11.6. The van der Waals surface area contributed by atoms with Gasteiger partial charge >= 0.3 is 66.5 Å². The normalized spacial score (nSPS) is 8.50. The van der Waals surface area contributed by atoms with Gasteiger partial charge in [-0.05, 0) is 0 Å². The van der Waals surface area contributed by atoms with Gasteiger partial charge in [-0.1, -0.05) is 0 Å². The molecule has 0 aromatic heterocycles. The van der Waals surface area contributed by atoms with Crippen molar-refractivity contribution < 1.29 is 55.7 Å². The molecule has 10 heteroatoms. The van der Waals surface area contributed by atoms with Crippen molar-refractivity contribution in [2.24, 2.45) is 0 Å². The Morgan fingerprint density at radius 2 is 1.80 bits per heavy atom. The molecule has 0 aliphatic heterocycles. The summed E-state index contributed by atoms with van der Waals surface area (Å²) in [6.07, 6.45) is 0. The van der Waals surface area contributed by atoms with Crippen molar-refractivity contribution in [2.45, 2.75) is 0 Å². The van der Waals surface area contributed by atoms with Gasteiger partial charge in [0.1, 0.15) is 0 Å². The monoisotopic (exact) mass is 207 g/mol. The molecule has 0 rings (SSSR count). The second kappa shape index (κ2) is 6.75. The van der Waals surface area contributed by atoms with E-state index in [2.05, 4.69) is 3.87 Å². The van der Waals surface area contributed by atoms with E-state index in [9.17, 15) is 17.7 Å². The maximum atomic E-state index is 9.40. The van der Waals surface area contributed by atoms with E-state index in [1.54, 1.807) is 0 Å². The molecule has 48 valence electrons. The standard InChI is InChI=1S/Al.Na.HO6SSi/c;;1-7(2,3)6-8(4)5/h;;(H,1,2,3)/q+3;+1;-1. The van der Waals surface area contributed by atoms with Crippen LogP contribution in [0.4, 0.5) is 0 Å². The molecule has 0 saturated carbocycles. The fourth-order valence-electron chi connectivity index (χ4n) is 0.0860. The molecule has 0 unspecified atom stereocenters. The van der Waals surface area contributed by atoms with E-state index in [0.717, 1.165) is 0 Å². The Hall–Kier alpha value is 1.06. The first-order valence-corrected chi connectivity index (χ1v) is 3.88. The van der Waals surface area contributed by atoms with Crippen molar-refractivity contribution in [3.05, 3.63) is 0 Å². The first-order valence-electron chi connectivity index (χ1n) is 1.29. The molecule has 0 heterocycles. The fraction of sp³-hybridized carbons (Fsp3) is 0. The van der Waals surface area contributed by atoms with Crippen LogP contribution in [0.25, 0.3) is 0 Å². The molecule has 0 radical (unpaired) electrons. The third-order valence-corrected chi connectivity index (χ3v) is 1.56. The quantitative estimate of drug-likeness (QED) is 0.357. The Balaban J connectivity index is -0.000000245. The van der Waals surface area contributed by atoms with Crippen LogP contribution >= 0.6 is 0 Å². The van der Waals surface area contributed by atoms with Gasteiger partial charge in [-0.15, -0.1) is 0 Å². The summed E-state index contributed by atoms with van der Waals surface area (Å²) >= 11 is 0. The third-order valence-electron chi connectivity index (χ3n) is 0.173. The van der Waals surface area contributed by atoms with Crippen LogP contribution in [-0.2, 0) is 18.7 Å². The summed E-state index contributed by atoms with van der Waals surface area (Å²) in [5.74, 6) is 0. The van der Waals surface area contributed by atoms with Crippen molar-refractivity contribution in [2.75, 3.05) is 0 Å². The van der Waals surface area contributed by atoms with Crippen LogP contribution in [-0.4, -0.2) is 39.5 Å². The Morgan fingerprint density at radius 1 is 1.50 bits per heavy atom. The van der Waals surface area contributed by atoms with Crippen LogP contribution < -0.4 is 34.4 Å². The van der Waals surface area contributed by atoms with E-state index in [1.165, 1.54) is 0 Å². The molecule has 10 heavy (non-hydrogen) atoms. The molecule has 0 amide bonds. The third kappa shape index (κ3) is 16.0. The molecule has 0 spiro atoms. The zero-order valence-electron chi connectivity index (χ0n) is 4.97. The van der Waals surface area contributed by atoms with E-state index in [0.29, 0.717) is 0 Å². The Labute approximate surface area is 91.9 Å². The summed E-state index contributed by atoms with van der Waals surface area (Å²) in [6.45, 7) is 0. The second-order valence-corrected chi connectivity index (χ2v) is 2.78. The van der Waals surface area contributed by atoms with Gasteiger partial charge in [0.25, 0.3) is 0 Å². The summed E-state index contributed by atoms with van der Waals surface area (Å²) in [6, 6.07) is 0. The van der Waals surface area contributed by atoms with E-state index in [1.807, 2.05) is 0 Å². The van der Waals surface area contributed by atoms with Crippen LogP contribution in [0.15, 0.2) is 0 Å². The first-order chi connectivity index (χ1) is 3.42. The minimum atomic E-state index is -4.80. The van der Waals surface area contributed by atoms with Gasteiger partial charge in [0.05, 0.1) is 0 Å². The molecule has 0 fully saturated rings. The van der Waals surface area contributed by atoms with Crippen molar-refractivity contribution >= 4 is 36.9 Å². The SMILES string of the molecule is O=[Si]([O-])OS(=O)(=O)O.[Al+3].[Na+]. The van der Waals surface area contributed by atoms with Crippen LogP contribution in [0.5, 0.6) is 0 Å². The zero-order chi connectivity index (χ0) is 6.78. The van der Waals surface area contributed by atoms with Crippen molar-refractivity contribution in [3.8, 4) is 0 Å². The zero-order valence-corrected chi connectivity index (χ0v) is 9.95. The topological polar surface area (TPSA) is 104 Å². The van der Waals surface area contributed by atoms with Crippen LogP contribution in [0.1, 0.15) is 0 Å². The van der Waals surface area contributed by atoms with E-state index in [4.69, 9.17) is 4.55 Å². The fourth-order valence-corrected chi connectivity index (χ4v) is 0.774. The molecule has 6 nitrogen and oxygen atoms in total. The summed E-state index contributed by atoms with van der Waals surface area (Å²) in [5.41, 5.74) is 0. The summed E-state index contributed by atoms with van der Waals surface area (Å²) < 4.78 is 38.6. The van der Waals surface area contributed by atoms with Crippen molar-refractivity contribution in [3.63, 3.8) is 0 Å². The smallest absolute Gasteiger partial charge is 0.478 e. The molecular weight excluding hydrogens is 206 g/mol. The molecule has 0 atom stereocenters. The van der Waals surface area contributed by atoms with Gasteiger partial charge in [0.15, 0.2) is 0 Å². The molecule has 0 bridgehead atoms. The molecule has 0 aliphatic rings. The summed E-state index contributed by atoms with van der Waals surface area (Å²) in [4.78, 5) is 9.33. The van der Waals surface area contributed by atoms with E-state index >= 15 is 0 Å². The summed E-state index contributed by atoms with van der Waals surface area (Å²) in [7, 11) is -8.63. The van der Waals surface area contributed by atoms with Crippen LogP contribution in [0.2, 0.25) is 0 Å². The molecule has 0 aromatic carbocycles. The number of rotatable bonds is 2. The Morgan fingerprint density at radius 3 is 1.80 bits per heavy atom. The number of hydrogen-bond acceptors (Lipinski definition) is 5. The van der Waals surface area contributed by atoms with Gasteiger partial charge in [0.2, 0.25) is 0 Å². The van der Waals surface area contributed by atoms with Crippen molar-refractivity contribution in [1.82, 2.24) is 0 Å². The van der Waals surface area contributed by atoms with Crippen LogP contribution in [0, 0.1) is 0 Å². The minimum absolute atomic E-state index is 0. The first kappa shape index (κ1) is 17.2. The van der Waals surface area contributed by atoms with Gasteiger partial charge in [-0.2, -0.15) is 8.42 Å². The van der Waals surface area contributed by atoms with Gasteiger partial charge in [0, 0.05) is 0 Å². The largest absolute Gasteiger partial charge is 3.00 e. The maximum absolute atomic E-state index is 9.40. The van der Waals surface area contributed by atoms with Crippen LogP contribution in [0.3, 0.4) is 0 Å². The van der Waals surface area contributed by atoms with Gasteiger partial charge in [-0.25, -0.2) is 0 Å². The van der Waals surface area contributed by atoms with E-state index < -0.39 is 19.6 Å². The predicted octanol–water partition coefficient (Wildman–Crippen LogP) is -5.80.